The van der Waals surface area contributed by atoms with Crippen molar-refractivity contribution in [2.24, 2.45) is 7.05 Å². The van der Waals surface area contributed by atoms with Gasteiger partial charge in [-0.2, -0.15) is 5.10 Å². The number of anilines is 1. The number of carbonyl (C=O) groups is 1. The highest BCUT2D eigenvalue weighted by Gasteiger charge is 2.12. The molecule has 1 amide bonds. The SMILES string of the molecule is Cc1nn(C)cc1C(=O)Nc1ccc2ccccc2c1. The van der Waals surface area contributed by atoms with Crippen LogP contribution in [0.4, 0.5) is 5.69 Å². The van der Waals surface area contributed by atoms with Gasteiger partial charge in [0, 0.05) is 18.9 Å². The van der Waals surface area contributed by atoms with Gasteiger partial charge in [0.05, 0.1) is 11.3 Å². The van der Waals surface area contributed by atoms with Crippen molar-refractivity contribution in [3.8, 4) is 0 Å². The molecule has 0 fully saturated rings. The van der Waals surface area contributed by atoms with Crippen molar-refractivity contribution < 1.29 is 4.79 Å². The summed E-state index contributed by atoms with van der Waals surface area (Å²) in [5.41, 5.74) is 2.11. The summed E-state index contributed by atoms with van der Waals surface area (Å²) < 4.78 is 1.64. The lowest BCUT2D eigenvalue weighted by Crippen LogP contribution is -2.12. The molecule has 0 radical (unpaired) electrons. The Hall–Kier alpha value is -2.62. The Morgan fingerprint density at radius 1 is 1.15 bits per heavy atom. The van der Waals surface area contributed by atoms with Gasteiger partial charge in [-0.25, -0.2) is 0 Å². The minimum atomic E-state index is -0.133. The predicted octanol–water partition coefficient (Wildman–Crippen LogP) is 3.13. The summed E-state index contributed by atoms with van der Waals surface area (Å²) in [7, 11) is 1.81. The third-order valence-electron chi connectivity index (χ3n) is 3.27. The number of amides is 1. The molecule has 4 heteroatoms. The van der Waals surface area contributed by atoms with Gasteiger partial charge >= 0.3 is 0 Å². The number of rotatable bonds is 2. The van der Waals surface area contributed by atoms with Crippen LogP contribution in [0, 0.1) is 6.92 Å². The first-order valence-electron chi connectivity index (χ1n) is 6.44. The van der Waals surface area contributed by atoms with Crippen LogP contribution in [0.5, 0.6) is 0 Å². The zero-order valence-corrected chi connectivity index (χ0v) is 11.4. The Balaban J connectivity index is 1.89. The molecule has 0 unspecified atom stereocenters. The van der Waals surface area contributed by atoms with E-state index in [0.717, 1.165) is 22.2 Å². The number of aryl methyl sites for hydroxylation is 2. The number of hydrogen-bond donors (Lipinski definition) is 1. The van der Waals surface area contributed by atoms with E-state index in [-0.39, 0.29) is 5.91 Å². The highest BCUT2D eigenvalue weighted by molar-refractivity contribution is 6.05. The van der Waals surface area contributed by atoms with Gasteiger partial charge in [-0.1, -0.05) is 30.3 Å². The Morgan fingerprint density at radius 2 is 1.90 bits per heavy atom. The third kappa shape index (κ3) is 2.28. The fraction of sp³-hybridized carbons (Fsp3) is 0.125. The minimum absolute atomic E-state index is 0.133. The summed E-state index contributed by atoms with van der Waals surface area (Å²) in [4.78, 5) is 12.2. The zero-order valence-electron chi connectivity index (χ0n) is 11.4. The molecule has 0 saturated carbocycles. The van der Waals surface area contributed by atoms with Crippen molar-refractivity contribution in [1.29, 1.82) is 0 Å². The lowest BCUT2D eigenvalue weighted by molar-refractivity contribution is 0.102. The molecule has 1 N–H and O–H groups in total. The third-order valence-corrected chi connectivity index (χ3v) is 3.27. The van der Waals surface area contributed by atoms with Crippen LogP contribution in [0.2, 0.25) is 0 Å². The number of hydrogen-bond acceptors (Lipinski definition) is 2. The predicted molar refractivity (Wildman–Crippen MR) is 79.8 cm³/mol. The molecule has 0 aliphatic heterocycles. The van der Waals surface area contributed by atoms with Crippen LogP contribution in [0.3, 0.4) is 0 Å². The molecule has 3 aromatic rings. The number of nitrogens with one attached hydrogen (secondary N) is 1. The van der Waals surface area contributed by atoms with Gasteiger partial charge in [0.15, 0.2) is 0 Å². The standard InChI is InChI=1S/C16H15N3O/c1-11-15(10-19(2)18-11)16(20)17-14-8-7-12-5-3-4-6-13(12)9-14/h3-10H,1-2H3,(H,17,20). The summed E-state index contributed by atoms with van der Waals surface area (Å²) in [6.07, 6.45) is 1.73. The largest absolute Gasteiger partial charge is 0.322 e. The van der Waals surface area contributed by atoms with Crippen LogP contribution < -0.4 is 5.32 Å². The van der Waals surface area contributed by atoms with Crippen molar-refractivity contribution in [3.63, 3.8) is 0 Å². The van der Waals surface area contributed by atoms with Crippen LogP contribution in [-0.2, 0) is 7.05 Å². The molecular weight excluding hydrogens is 250 g/mol. The van der Waals surface area contributed by atoms with Crippen molar-refractivity contribution >= 4 is 22.4 Å². The minimum Gasteiger partial charge on any atom is -0.322 e. The van der Waals surface area contributed by atoms with E-state index in [0.29, 0.717) is 5.56 Å². The fourth-order valence-corrected chi connectivity index (χ4v) is 2.29. The van der Waals surface area contributed by atoms with Gasteiger partial charge in [0.2, 0.25) is 0 Å². The van der Waals surface area contributed by atoms with Crippen LogP contribution >= 0.6 is 0 Å². The molecule has 0 aliphatic carbocycles. The summed E-state index contributed by atoms with van der Waals surface area (Å²) in [6, 6.07) is 13.9. The molecule has 0 saturated heterocycles. The average molecular weight is 265 g/mol. The van der Waals surface area contributed by atoms with Gasteiger partial charge in [0.1, 0.15) is 0 Å². The van der Waals surface area contributed by atoms with Gasteiger partial charge < -0.3 is 5.32 Å². The van der Waals surface area contributed by atoms with Gasteiger partial charge in [0.25, 0.3) is 5.91 Å². The summed E-state index contributed by atoms with van der Waals surface area (Å²) in [6.45, 7) is 1.83. The Bertz CT molecular complexity index is 789. The van der Waals surface area contributed by atoms with Gasteiger partial charge in [-0.05, 0) is 29.8 Å². The van der Waals surface area contributed by atoms with Crippen LogP contribution in [-0.4, -0.2) is 15.7 Å². The second-order valence-electron chi connectivity index (χ2n) is 4.82. The molecular formula is C16H15N3O. The maximum atomic E-state index is 12.2. The average Bonchev–Trinajstić information content (AvgIpc) is 2.78. The lowest BCUT2D eigenvalue weighted by atomic mass is 10.1. The van der Waals surface area contributed by atoms with E-state index in [9.17, 15) is 4.79 Å². The normalized spacial score (nSPS) is 10.7. The first-order chi connectivity index (χ1) is 9.63. The number of nitrogens with zero attached hydrogens (tertiary/aromatic N) is 2. The first kappa shape index (κ1) is 12.4. The van der Waals surface area contributed by atoms with E-state index in [1.165, 1.54) is 0 Å². The van der Waals surface area contributed by atoms with Crippen molar-refractivity contribution in [2.45, 2.75) is 6.92 Å². The maximum Gasteiger partial charge on any atom is 0.259 e. The summed E-state index contributed by atoms with van der Waals surface area (Å²) >= 11 is 0. The van der Waals surface area contributed by atoms with E-state index in [1.807, 2.05) is 49.4 Å². The molecule has 1 aromatic heterocycles. The van der Waals surface area contributed by atoms with Crippen molar-refractivity contribution in [3.05, 3.63) is 59.9 Å². The second-order valence-corrected chi connectivity index (χ2v) is 4.82. The van der Waals surface area contributed by atoms with E-state index in [1.54, 1.807) is 17.9 Å². The zero-order chi connectivity index (χ0) is 14.1. The molecule has 0 bridgehead atoms. The number of fused-ring (bicyclic) bond motifs is 1. The smallest absolute Gasteiger partial charge is 0.259 e. The Labute approximate surface area is 117 Å². The van der Waals surface area contributed by atoms with Gasteiger partial charge in [-0.3, -0.25) is 9.48 Å². The van der Waals surface area contributed by atoms with E-state index in [4.69, 9.17) is 0 Å². The molecule has 4 nitrogen and oxygen atoms in total. The number of carbonyl (C=O) groups excluding carboxylic acids is 1. The molecule has 0 spiro atoms. The monoisotopic (exact) mass is 265 g/mol. The summed E-state index contributed by atoms with van der Waals surface area (Å²) in [5, 5.41) is 9.35. The van der Waals surface area contributed by atoms with Crippen LogP contribution in [0.1, 0.15) is 16.1 Å². The maximum absolute atomic E-state index is 12.2. The Morgan fingerprint density at radius 3 is 2.60 bits per heavy atom. The second kappa shape index (κ2) is 4.81. The lowest BCUT2D eigenvalue weighted by Gasteiger charge is -2.06. The number of aromatic nitrogens is 2. The fourth-order valence-electron chi connectivity index (χ4n) is 2.29. The topological polar surface area (TPSA) is 46.9 Å². The van der Waals surface area contributed by atoms with Crippen LogP contribution in [0.25, 0.3) is 10.8 Å². The van der Waals surface area contributed by atoms with E-state index in [2.05, 4.69) is 10.4 Å². The molecule has 20 heavy (non-hydrogen) atoms. The molecule has 3 rings (SSSR count). The quantitative estimate of drug-likeness (QED) is 0.773. The van der Waals surface area contributed by atoms with Gasteiger partial charge in [-0.15, -0.1) is 0 Å². The Kier molecular flexibility index (Phi) is 2.99. The molecule has 0 aliphatic rings. The highest BCUT2D eigenvalue weighted by atomic mass is 16.1. The van der Waals surface area contributed by atoms with Crippen molar-refractivity contribution in [2.75, 3.05) is 5.32 Å². The molecule has 100 valence electrons. The van der Waals surface area contributed by atoms with Crippen molar-refractivity contribution in [1.82, 2.24) is 9.78 Å². The number of benzene rings is 2. The van der Waals surface area contributed by atoms with E-state index >= 15 is 0 Å². The molecule has 0 atom stereocenters. The molecule has 1 heterocycles. The first-order valence-corrected chi connectivity index (χ1v) is 6.44. The van der Waals surface area contributed by atoms with Crippen LogP contribution in [0.15, 0.2) is 48.7 Å². The van der Waals surface area contributed by atoms with E-state index < -0.39 is 0 Å². The summed E-state index contributed by atoms with van der Waals surface area (Å²) in [5.74, 6) is -0.133. The molecule has 2 aromatic carbocycles. The highest BCUT2D eigenvalue weighted by Crippen LogP contribution is 2.19.